The van der Waals surface area contributed by atoms with Crippen molar-refractivity contribution >= 4 is 39.0 Å². The number of unbranched alkanes of at least 4 members (excludes halogenated alkanes) is 1. The second kappa shape index (κ2) is 8.62. The summed E-state index contributed by atoms with van der Waals surface area (Å²) in [6, 6.07) is 4.32. The van der Waals surface area contributed by atoms with Crippen LogP contribution in [0.1, 0.15) is 17.7 Å². The monoisotopic (exact) mass is 307 g/mol. The zero-order chi connectivity index (χ0) is 10.9. The van der Waals surface area contributed by atoms with Gasteiger partial charge in [0.15, 0.2) is 0 Å². The van der Waals surface area contributed by atoms with Gasteiger partial charge in [-0.05, 0) is 72.4 Å². The van der Waals surface area contributed by atoms with E-state index >= 15 is 0 Å². The highest BCUT2D eigenvalue weighted by Crippen LogP contribution is 2.21. The quantitative estimate of drug-likeness (QED) is 0.733. The molecule has 0 spiro atoms. The van der Waals surface area contributed by atoms with Crippen molar-refractivity contribution in [3.8, 4) is 0 Å². The minimum atomic E-state index is 1.10. The molecule has 0 saturated carbocycles. The van der Waals surface area contributed by atoms with Crippen LogP contribution in [0.15, 0.2) is 15.9 Å². The largest absolute Gasteiger partial charge is 0.316 e. The number of halogens is 1. The Bertz CT molecular complexity index is 263. The SMILES string of the molecule is CSCCCCNCCc1ccc(Br)s1. The van der Waals surface area contributed by atoms with Gasteiger partial charge in [0.2, 0.25) is 0 Å². The molecule has 1 nitrogen and oxygen atoms in total. The second-order valence-corrected chi connectivity index (χ2v) is 6.94. The van der Waals surface area contributed by atoms with Crippen LogP contribution in [0.5, 0.6) is 0 Å². The second-order valence-electron chi connectivity index (χ2n) is 3.41. The molecular weight excluding hydrogens is 290 g/mol. The molecule has 15 heavy (non-hydrogen) atoms. The van der Waals surface area contributed by atoms with E-state index in [0.717, 1.165) is 19.5 Å². The van der Waals surface area contributed by atoms with Crippen molar-refractivity contribution in [3.63, 3.8) is 0 Å². The molecule has 1 aromatic rings. The van der Waals surface area contributed by atoms with Crippen LogP contribution < -0.4 is 5.32 Å². The molecule has 1 N–H and O–H groups in total. The lowest BCUT2D eigenvalue weighted by atomic mass is 10.3. The van der Waals surface area contributed by atoms with Gasteiger partial charge in [-0.15, -0.1) is 11.3 Å². The molecule has 0 bridgehead atoms. The lowest BCUT2D eigenvalue weighted by Gasteiger charge is -2.02. The van der Waals surface area contributed by atoms with E-state index in [-0.39, 0.29) is 0 Å². The third-order valence-electron chi connectivity index (χ3n) is 2.13. The summed E-state index contributed by atoms with van der Waals surface area (Å²) >= 11 is 7.25. The van der Waals surface area contributed by atoms with Crippen LogP contribution in [0.2, 0.25) is 0 Å². The maximum atomic E-state index is 3.48. The third-order valence-corrected chi connectivity index (χ3v) is 4.51. The maximum absolute atomic E-state index is 3.48. The van der Waals surface area contributed by atoms with Crippen molar-refractivity contribution < 1.29 is 0 Å². The average molecular weight is 308 g/mol. The van der Waals surface area contributed by atoms with Gasteiger partial charge in [0.05, 0.1) is 3.79 Å². The van der Waals surface area contributed by atoms with Crippen molar-refractivity contribution in [2.24, 2.45) is 0 Å². The van der Waals surface area contributed by atoms with Crippen LogP contribution in [-0.2, 0) is 6.42 Å². The topological polar surface area (TPSA) is 12.0 Å². The van der Waals surface area contributed by atoms with E-state index in [1.807, 2.05) is 23.1 Å². The molecular formula is C11H18BrNS2. The summed E-state index contributed by atoms with van der Waals surface area (Å²) in [7, 11) is 0. The van der Waals surface area contributed by atoms with Gasteiger partial charge in [-0.1, -0.05) is 0 Å². The van der Waals surface area contributed by atoms with Crippen LogP contribution >= 0.6 is 39.0 Å². The number of hydrogen-bond acceptors (Lipinski definition) is 3. The lowest BCUT2D eigenvalue weighted by molar-refractivity contribution is 0.644. The molecule has 0 unspecified atom stereocenters. The Kier molecular flexibility index (Phi) is 7.79. The van der Waals surface area contributed by atoms with Crippen molar-refractivity contribution in [1.29, 1.82) is 0 Å². The van der Waals surface area contributed by atoms with Gasteiger partial charge < -0.3 is 5.32 Å². The molecule has 86 valence electrons. The third kappa shape index (κ3) is 6.61. The number of thioether (sulfide) groups is 1. The predicted molar refractivity (Wildman–Crippen MR) is 76.2 cm³/mol. The first-order valence-corrected chi connectivity index (χ1v) is 8.27. The molecule has 0 aliphatic heterocycles. The van der Waals surface area contributed by atoms with Crippen molar-refractivity contribution in [1.82, 2.24) is 5.32 Å². The summed E-state index contributed by atoms with van der Waals surface area (Å²) in [5.41, 5.74) is 0. The molecule has 0 saturated heterocycles. The lowest BCUT2D eigenvalue weighted by Crippen LogP contribution is -2.18. The molecule has 0 amide bonds. The number of rotatable bonds is 8. The van der Waals surface area contributed by atoms with Gasteiger partial charge in [-0.25, -0.2) is 0 Å². The smallest absolute Gasteiger partial charge is 0.0701 e. The summed E-state index contributed by atoms with van der Waals surface area (Å²) in [6.07, 6.45) is 5.95. The molecule has 1 heterocycles. The van der Waals surface area contributed by atoms with Crippen molar-refractivity contribution in [2.75, 3.05) is 25.1 Å². The van der Waals surface area contributed by atoms with Gasteiger partial charge in [-0.3, -0.25) is 0 Å². The summed E-state index contributed by atoms with van der Waals surface area (Å²) in [5, 5.41) is 3.48. The molecule has 4 heteroatoms. The van der Waals surface area contributed by atoms with E-state index in [2.05, 4.69) is 39.6 Å². The Morgan fingerprint density at radius 2 is 2.20 bits per heavy atom. The molecule has 1 rings (SSSR count). The Morgan fingerprint density at radius 3 is 2.87 bits per heavy atom. The van der Waals surface area contributed by atoms with Gasteiger partial charge in [0.1, 0.15) is 0 Å². The first-order valence-electron chi connectivity index (χ1n) is 5.27. The van der Waals surface area contributed by atoms with Crippen LogP contribution in [-0.4, -0.2) is 25.1 Å². The standard InChI is InChI=1S/C11H18BrNS2/c1-14-9-3-2-7-13-8-6-10-4-5-11(12)15-10/h4-5,13H,2-3,6-9H2,1H3. The fraction of sp³-hybridized carbons (Fsp3) is 0.636. The molecule has 0 radical (unpaired) electrons. The fourth-order valence-electron chi connectivity index (χ4n) is 1.32. The Labute approximate surface area is 109 Å². The first kappa shape index (κ1) is 13.6. The minimum absolute atomic E-state index is 1.10. The minimum Gasteiger partial charge on any atom is -0.316 e. The highest BCUT2D eigenvalue weighted by atomic mass is 79.9. The summed E-state index contributed by atoms with van der Waals surface area (Å²) < 4.78 is 1.23. The highest BCUT2D eigenvalue weighted by molar-refractivity contribution is 9.11. The Hall–Kier alpha value is 0.490. The number of thiophene rings is 1. The molecule has 0 fully saturated rings. The zero-order valence-electron chi connectivity index (χ0n) is 9.09. The van der Waals surface area contributed by atoms with Gasteiger partial charge in [0.25, 0.3) is 0 Å². The Balaban J connectivity index is 1.93. The van der Waals surface area contributed by atoms with Crippen LogP contribution in [0, 0.1) is 0 Å². The zero-order valence-corrected chi connectivity index (χ0v) is 12.3. The summed E-state index contributed by atoms with van der Waals surface area (Å²) in [5.74, 6) is 1.29. The molecule has 1 aromatic heterocycles. The van der Waals surface area contributed by atoms with Crippen LogP contribution in [0.25, 0.3) is 0 Å². The normalized spacial score (nSPS) is 10.8. The molecule has 0 atom stereocenters. The number of nitrogens with one attached hydrogen (secondary N) is 1. The van der Waals surface area contributed by atoms with Crippen LogP contribution in [0.3, 0.4) is 0 Å². The van der Waals surface area contributed by atoms with E-state index in [1.165, 1.54) is 27.3 Å². The van der Waals surface area contributed by atoms with E-state index in [4.69, 9.17) is 0 Å². The highest BCUT2D eigenvalue weighted by Gasteiger charge is 1.96. The van der Waals surface area contributed by atoms with E-state index < -0.39 is 0 Å². The Morgan fingerprint density at radius 1 is 1.33 bits per heavy atom. The van der Waals surface area contributed by atoms with Gasteiger partial charge in [0, 0.05) is 4.88 Å². The summed E-state index contributed by atoms with van der Waals surface area (Å²) in [6.45, 7) is 2.26. The van der Waals surface area contributed by atoms with E-state index in [1.54, 1.807) is 0 Å². The molecule has 0 aliphatic rings. The molecule has 0 aromatic carbocycles. The van der Waals surface area contributed by atoms with E-state index in [0.29, 0.717) is 0 Å². The van der Waals surface area contributed by atoms with Crippen molar-refractivity contribution in [3.05, 3.63) is 20.8 Å². The maximum Gasteiger partial charge on any atom is 0.0701 e. The fourth-order valence-corrected chi connectivity index (χ4v) is 3.29. The summed E-state index contributed by atoms with van der Waals surface area (Å²) in [4.78, 5) is 1.46. The van der Waals surface area contributed by atoms with E-state index in [9.17, 15) is 0 Å². The molecule has 0 aliphatic carbocycles. The van der Waals surface area contributed by atoms with Gasteiger partial charge >= 0.3 is 0 Å². The first-order chi connectivity index (χ1) is 7.33. The average Bonchev–Trinajstić information content (AvgIpc) is 2.63. The predicted octanol–water partition coefficient (Wildman–Crippen LogP) is 3.79. The van der Waals surface area contributed by atoms with Crippen molar-refractivity contribution in [2.45, 2.75) is 19.3 Å². The van der Waals surface area contributed by atoms with Crippen LogP contribution in [0.4, 0.5) is 0 Å². The van der Waals surface area contributed by atoms with Gasteiger partial charge in [-0.2, -0.15) is 11.8 Å². The number of hydrogen-bond donors (Lipinski definition) is 1.